The summed E-state index contributed by atoms with van der Waals surface area (Å²) in [5.41, 5.74) is 2.57. The van der Waals surface area contributed by atoms with Gasteiger partial charge in [0.1, 0.15) is 0 Å². The second-order valence-electron chi connectivity index (χ2n) is 5.26. The van der Waals surface area contributed by atoms with Crippen molar-refractivity contribution in [3.05, 3.63) is 34.9 Å². The smallest absolute Gasteiger partial charge is 0.330 e. The third-order valence-corrected chi connectivity index (χ3v) is 3.66. The topological polar surface area (TPSA) is 66.4 Å². The molecule has 1 rings (SSSR count). The molecule has 0 saturated heterocycles. The van der Waals surface area contributed by atoms with Gasteiger partial charge >= 0.3 is 5.97 Å². The summed E-state index contributed by atoms with van der Waals surface area (Å²) in [5, 5.41) is 12.0. The molecule has 1 aromatic carbocycles. The lowest BCUT2D eigenvalue weighted by Gasteiger charge is -2.20. The lowest BCUT2D eigenvalue weighted by atomic mass is 9.96. The predicted octanol–water partition coefficient (Wildman–Crippen LogP) is 2.98. The third kappa shape index (κ3) is 3.83. The molecule has 0 aromatic heterocycles. The van der Waals surface area contributed by atoms with Gasteiger partial charge in [-0.25, -0.2) is 4.79 Å². The molecule has 0 heterocycles. The van der Waals surface area contributed by atoms with E-state index < -0.39 is 12.0 Å². The maximum Gasteiger partial charge on any atom is 0.330 e. The molecule has 2 atom stereocenters. The number of nitrogens with one attached hydrogen (secondary N) is 1. The van der Waals surface area contributed by atoms with Gasteiger partial charge in [-0.1, -0.05) is 38.5 Å². The van der Waals surface area contributed by atoms with Crippen LogP contribution in [0.1, 0.15) is 49.4 Å². The van der Waals surface area contributed by atoms with Gasteiger partial charge in [0.05, 0.1) is 0 Å². The summed E-state index contributed by atoms with van der Waals surface area (Å²) in [6.07, 6.45) is 1.65. The van der Waals surface area contributed by atoms with E-state index >= 15 is 0 Å². The van der Waals surface area contributed by atoms with Gasteiger partial charge in [0.15, 0.2) is 6.04 Å². The minimum absolute atomic E-state index is 0.174. The van der Waals surface area contributed by atoms with Gasteiger partial charge in [0.25, 0.3) is 0 Å². The molecule has 0 aliphatic carbocycles. The van der Waals surface area contributed by atoms with Crippen molar-refractivity contribution in [2.24, 2.45) is 5.92 Å². The molecule has 0 bridgehead atoms. The van der Waals surface area contributed by atoms with Crippen molar-refractivity contribution in [1.29, 1.82) is 0 Å². The normalized spacial score (nSPS) is 13.6. The Balaban J connectivity index is 2.98. The van der Waals surface area contributed by atoms with Gasteiger partial charge in [-0.05, 0) is 37.0 Å². The number of hydrogen-bond acceptors (Lipinski definition) is 2. The Bertz CT molecular complexity index is 496. The highest BCUT2D eigenvalue weighted by molar-refractivity contribution is 5.86. The maximum atomic E-state index is 12.0. The Kier molecular flexibility index (Phi) is 5.74. The molecule has 0 spiro atoms. The molecule has 0 saturated carbocycles. The molecule has 110 valence electrons. The fourth-order valence-electron chi connectivity index (χ4n) is 2.21. The number of hydrogen-bond donors (Lipinski definition) is 2. The van der Waals surface area contributed by atoms with E-state index in [4.69, 9.17) is 0 Å². The van der Waals surface area contributed by atoms with Crippen LogP contribution in [0.15, 0.2) is 18.2 Å². The van der Waals surface area contributed by atoms with Gasteiger partial charge in [0, 0.05) is 5.92 Å². The van der Waals surface area contributed by atoms with E-state index in [9.17, 15) is 14.7 Å². The van der Waals surface area contributed by atoms with Gasteiger partial charge in [-0.2, -0.15) is 0 Å². The van der Waals surface area contributed by atoms with E-state index in [1.54, 1.807) is 6.07 Å². The molecule has 2 N–H and O–H groups in total. The first-order chi connectivity index (χ1) is 9.38. The van der Waals surface area contributed by atoms with E-state index in [-0.39, 0.29) is 11.8 Å². The summed E-state index contributed by atoms with van der Waals surface area (Å²) in [6.45, 7) is 7.63. The zero-order valence-corrected chi connectivity index (χ0v) is 12.6. The molecule has 1 aromatic rings. The molecular weight excluding hydrogens is 254 g/mol. The molecule has 1 amide bonds. The molecule has 0 aliphatic heterocycles. The highest BCUT2D eigenvalue weighted by Gasteiger charge is 2.25. The van der Waals surface area contributed by atoms with E-state index in [1.165, 1.54) is 0 Å². The van der Waals surface area contributed by atoms with Gasteiger partial charge in [-0.15, -0.1) is 0 Å². The summed E-state index contributed by atoms with van der Waals surface area (Å²) in [6, 6.07) is 4.52. The fraction of sp³-hybridized carbons (Fsp3) is 0.500. The molecule has 2 unspecified atom stereocenters. The second-order valence-corrected chi connectivity index (χ2v) is 5.26. The highest BCUT2D eigenvalue weighted by atomic mass is 16.4. The van der Waals surface area contributed by atoms with Crippen LogP contribution in [0.3, 0.4) is 0 Å². The fourth-order valence-corrected chi connectivity index (χ4v) is 2.21. The first-order valence-corrected chi connectivity index (χ1v) is 6.97. The van der Waals surface area contributed by atoms with Crippen LogP contribution in [0.5, 0.6) is 0 Å². The Hall–Kier alpha value is -1.84. The lowest BCUT2D eigenvalue weighted by molar-refractivity contribution is -0.142. The van der Waals surface area contributed by atoms with Crippen molar-refractivity contribution >= 4 is 11.9 Å². The number of aryl methyl sites for hydroxylation is 1. The van der Waals surface area contributed by atoms with E-state index in [0.29, 0.717) is 5.56 Å². The monoisotopic (exact) mass is 277 g/mol. The second kappa shape index (κ2) is 7.08. The third-order valence-electron chi connectivity index (χ3n) is 3.66. The van der Waals surface area contributed by atoms with Crippen molar-refractivity contribution in [3.63, 3.8) is 0 Å². The number of rotatable bonds is 6. The number of amides is 1. The Morgan fingerprint density at radius 2 is 1.95 bits per heavy atom. The van der Waals surface area contributed by atoms with Crippen LogP contribution in [0, 0.1) is 19.8 Å². The molecule has 4 nitrogen and oxygen atoms in total. The van der Waals surface area contributed by atoms with E-state index in [2.05, 4.69) is 5.32 Å². The standard InChI is InChI=1S/C16H23NO3/c1-5-7-11(3)15(18)17-14(16(19)20)13-9-6-8-10(2)12(13)4/h6,8-9,11,14H,5,7H2,1-4H3,(H,17,18)(H,19,20). The van der Waals surface area contributed by atoms with Gasteiger partial charge in [0.2, 0.25) is 5.91 Å². The summed E-state index contributed by atoms with van der Waals surface area (Å²) >= 11 is 0. The number of carbonyl (C=O) groups excluding carboxylic acids is 1. The van der Waals surface area contributed by atoms with Crippen molar-refractivity contribution in [2.45, 2.75) is 46.6 Å². The quantitative estimate of drug-likeness (QED) is 0.840. The van der Waals surface area contributed by atoms with Crippen LogP contribution in [0.25, 0.3) is 0 Å². The minimum Gasteiger partial charge on any atom is -0.479 e. The number of carbonyl (C=O) groups is 2. The van der Waals surface area contributed by atoms with Crippen LogP contribution in [0.4, 0.5) is 0 Å². The van der Waals surface area contributed by atoms with Gasteiger partial charge < -0.3 is 10.4 Å². The Labute approximate surface area is 120 Å². The summed E-state index contributed by atoms with van der Waals surface area (Å²) in [5.74, 6) is -1.41. The lowest BCUT2D eigenvalue weighted by Crippen LogP contribution is -2.37. The minimum atomic E-state index is -1.03. The van der Waals surface area contributed by atoms with Crippen molar-refractivity contribution in [1.82, 2.24) is 5.32 Å². The zero-order valence-electron chi connectivity index (χ0n) is 12.6. The molecular formula is C16H23NO3. The first kappa shape index (κ1) is 16.2. The van der Waals surface area contributed by atoms with Crippen LogP contribution >= 0.6 is 0 Å². The van der Waals surface area contributed by atoms with E-state index in [0.717, 1.165) is 24.0 Å². The zero-order chi connectivity index (χ0) is 15.3. The molecule has 0 radical (unpaired) electrons. The molecule has 0 fully saturated rings. The number of benzene rings is 1. The van der Waals surface area contributed by atoms with Crippen molar-refractivity contribution in [2.75, 3.05) is 0 Å². The van der Waals surface area contributed by atoms with Crippen molar-refractivity contribution in [3.8, 4) is 0 Å². The summed E-state index contributed by atoms with van der Waals surface area (Å²) in [4.78, 5) is 23.5. The van der Waals surface area contributed by atoms with Crippen LogP contribution in [-0.4, -0.2) is 17.0 Å². The Morgan fingerprint density at radius 3 is 2.50 bits per heavy atom. The van der Waals surface area contributed by atoms with Gasteiger partial charge in [-0.3, -0.25) is 4.79 Å². The molecule has 0 aliphatic rings. The van der Waals surface area contributed by atoms with Crippen LogP contribution in [0.2, 0.25) is 0 Å². The summed E-state index contributed by atoms with van der Waals surface area (Å²) < 4.78 is 0. The molecule has 20 heavy (non-hydrogen) atoms. The number of carboxylic acid groups (broad SMARTS) is 1. The van der Waals surface area contributed by atoms with Crippen molar-refractivity contribution < 1.29 is 14.7 Å². The van der Waals surface area contributed by atoms with Crippen LogP contribution in [-0.2, 0) is 9.59 Å². The highest BCUT2D eigenvalue weighted by Crippen LogP contribution is 2.21. The first-order valence-electron chi connectivity index (χ1n) is 6.97. The largest absolute Gasteiger partial charge is 0.479 e. The van der Waals surface area contributed by atoms with E-state index in [1.807, 2.05) is 39.8 Å². The average molecular weight is 277 g/mol. The molecule has 4 heteroatoms. The number of aliphatic carboxylic acids is 1. The SMILES string of the molecule is CCCC(C)C(=O)NC(C(=O)O)c1cccc(C)c1C. The maximum absolute atomic E-state index is 12.0. The summed E-state index contributed by atoms with van der Waals surface area (Å²) in [7, 11) is 0. The Morgan fingerprint density at radius 1 is 1.30 bits per heavy atom. The number of carboxylic acids is 1. The average Bonchev–Trinajstić information content (AvgIpc) is 2.39. The predicted molar refractivity (Wildman–Crippen MR) is 78.5 cm³/mol. The van der Waals surface area contributed by atoms with Crippen LogP contribution < -0.4 is 5.32 Å².